The summed E-state index contributed by atoms with van der Waals surface area (Å²) in [5.41, 5.74) is 5.66. The maximum Gasteiger partial charge on any atom is 0.419 e. The number of rotatable bonds is 4. The SMILES string of the molecule is NCCc1ccc(Oc2ccccc2C(F)(F)F)cc1Br. The van der Waals surface area contributed by atoms with Crippen molar-refractivity contribution in [2.24, 2.45) is 5.73 Å². The van der Waals surface area contributed by atoms with Gasteiger partial charge in [-0.05, 0) is 42.8 Å². The Morgan fingerprint density at radius 3 is 2.43 bits per heavy atom. The van der Waals surface area contributed by atoms with E-state index < -0.39 is 11.7 Å². The number of benzene rings is 2. The van der Waals surface area contributed by atoms with E-state index in [1.807, 2.05) is 0 Å². The van der Waals surface area contributed by atoms with Crippen LogP contribution in [0.3, 0.4) is 0 Å². The van der Waals surface area contributed by atoms with E-state index >= 15 is 0 Å². The Kier molecular flexibility index (Phi) is 4.90. The van der Waals surface area contributed by atoms with Crippen molar-refractivity contribution in [1.29, 1.82) is 0 Å². The van der Waals surface area contributed by atoms with Gasteiger partial charge in [-0.3, -0.25) is 0 Å². The molecule has 0 saturated heterocycles. The van der Waals surface area contributed by atoms with Crippen molar-refractivity contribution in [1.82, 2.24) is 0 Å². The molecule has 0 saturated carbocycles. The van der Waals surface area contributed by atoms with E-state index in [1.54, 1.807) is 18.2 Å². The van der Waals surface area contributed by atoms with Gasteiger partial charge in [0.1, 0.15) is 11.5 Å². The molecule has 6 heteroatoms. The van der Waals surface area contributed by atoms with Crippen LogP contribution in [0.5, 0.6) is 11.5 Å². The zero-order chi connectivity index (χ0) is 15.5. The smallest absolute Gasteiger partial charge is 0.419 e. The Balaban J connectivity index is 2.29. The first kappa shape index (κ1) is 15.9. The summed E-state index contributed by atoms with van der Waals surface area (Å²) < 4.78 is 44.8. The molecule has 0 aliphatic carbocycles. The lowest BCUT2D eigenvalue weighted by molar-refractivity contribution is -0.138. The zero-order valence-corrected chi connectivity index (χ0v) is 12.5. The Bertz CT molecular complexity index is 629. The van der Waals surface area contributed by atoms with Crippen LogP contribution in [0.2, 0.25) is 0 Å². The third kappa shape index (κ3) is 3.98. The lowest BCUT2D eigenvalue weighted by Crippen LogP contribution is -2.07. The molecular weight excluding hydrogens is 347 g/mol. The molecule has 0 spiro atoms. The molecule has 0 heterocycles. The van der Waals surface area contributed by atoms with Crippen LogP contribution in [-0.4, -0.2) is 6.54 Å². The van der Waals surface area contributed by atoms with E-state index in [9.17, 15) is 13.2 Å². The van der Waals surface area contributed by atoms with E-state index in [0.29, 0.717) is 18.7 Å². The minimum absolute atomic E-state index is 0.219. The third-order valence-electron chi connectivity index (χ3n) is 2.86. The number of halogens is 4. The third-order valence-corrected chi connectivity index (χ3v) is 3.60. The highest BCUT2D eigenvalue weighted by Gasteiger charge is 2.34. The van der Waals surface area contributed by atoms with Crippen molar-refractivity contribution in [2.45, 2.75) is 12.6 Å². The lowest BCUT2D eigenvalue weighted by Gasteiger charge is -2.14. The predicted molar refractivity (Wildman–Crippen MR) is 78.4 cm³/mol. The normalized spacial score (nSPS) is 11.5. The van der Waals surface area contributed by atoms with Gasteiger partial charge in [0.05, 0.1) is 5.56 Å². The fourth-order valence-electron chi connectivity index (χ4n) is 1.87. The van der Waals surface area contributed by atoms with Crippen molar-refractivity contribution in [3.63, 3.8) is 0 Å². The Morgan fingerprint density at radius 2 is 1.81 bits per heavy atom. The average molecular weight is 360 g/mol. The molecule has 2 aromatic carbocycles. The minimum atomic E-state index is -4.45. The molecule has 2 rings (SSSR count). The van der Waals surface area contributed by atoms with Crippen molar-refractivity contribution in [2.75, 3.05) is 6.54 Å². The molecule has 0 aliphatic rings. The molecule has 0 amide bonds. The van der Waals surface area contributed by atoms with Crippen LogP contribution in [0.1, 0.15) is 11.1 Å². The second-order valence-electron chi connectivity index (χ2n) is 4.39. The monoisotopic (exact) mass is 359 g/mol. The molecule has 0 aliphatic heterocycles. The van der Waals surface area contributed by atoms with Crippen molar-refractivity contribution < 1.29 is 17.9 Å². The molecule has 2 N–H and O–H groups in total. The molecule has 21 heavy (non-hydrogen) atoms. The van der Waals surface area contributed by atoms with Crippen LogP contribution in [0.25, 0.3) is 0 Å². The van der Waals surface area contributed by atoms with Gasteiger partial charge >= 0.3 is 6.18 Å². The average Bonchev–Trinajstić information content (AvgIpc) is 2.41. The zero-order valence-electron chi connectivity index (χ0n) is 11.0. The molecule has 0 radical (unpaired) electrons. The van der Waals surface area contributed by atoms with E-state index in [2.05, 4.69) is 15.9 Å². The fraction of sp³-hybridized carbons (Fsp3) is 0.200. The highest BCUT2D eigenvalue weighted by molar-refractivity contribution is 9.10. The van der Waals surface area contributed by atoms with Gasteiger partial charge in [-0.1, -0.05) is 34.1 Å². The molecule has 2 nitrogen and oxygen atoms in total. The maximum absolute atomic E-state index is 12.9. The molecule has 0 unspecified atom stereocenters. The first-order valence-corrected chi connectivity index (χ1v) is 7.03. The first-order chi connectivity index (χ1) is 9.91. The van der Waals surface area contributed by atoms with Gasteiger partial charge in [0.2, 0.25) is 0 Å². The number of nitrogens with two attached hydrogens (primary N) is 1. The summed E-state index contributed by atoms with van der Waals surface area (Å²) in [6, 6.07) is 10.2. The molecule has 0 aromatic heterocycles. The van der Waals surface area contributed by atoms with Gasteiger partial charge in [0.25, 0.3) is 0 Å². The van der Waals surface area contributed by atoms with Crippen LogP contribution in [0.15, 0.2) is 46.9 Å². The quantitative estimate of drug-likeness (QED) is 0.853. The second-order valence-corrected chi connectivity index (χ2v) is 5.24. The Hall–Kier alpha value is -1.53. The van der Waals surface area contributed by atoms with Crippen LogP contribution in [-0.2, 0) is 12.6 Å². The summed E-state index contributed by atoms with van der Waals surface area (Å²) in [7, 11) is 0. The molecule has 2 aromatic rings. The standard InChI is InChI=1S/C15H13BrF3NO/c16-13-9-11(6-5-10(13)7-8-20)21-14-4-2-1-3-12(14)15(17,18)19/h1-6,9H,7-8,20H2. The lowest BCUT2D eigenvalue weighted by atomic mass is 10.1. The summed E-state index contributed by atoms with van der Waals surface area (Å²) in [5.74, 6) is 0.114. The Labute approximate surface area is 128 Å². The molecule has 0 fully saturated rings. The number of para-hydroxylation sites is 1. The van der Waals surface area contributed by atoms with Gasteiger partial charge in [0.15, 0.2) is 0 Å². The number of ether oxygens (including phenoxy) is 1. The summed E-state index contributed by atoms with van der Waals surface area (Å²) in [4.78, 5) is 0. The number of alkyl halides is 3. The first-order valence-electron chi connectivity index (χ1n) is 6.24. The highest BCUT2D eigenvalue weighted by atomic mass is 79.9. The number of hydrogen-bond acceptors (Lipinski definition) is 2. The highest BCUT2D eigenvalue weighted by Crippen LogP contribution is 2.38. The van der Waals surface area contributed by atoms with Gasteiger partial charge in [-0.25, -0.2) is 0 Å². The topological polar surface area (TPSA) is 35.2 Å². The van der Waals surface area contributed by atoms with Crippen LogP contribution in [0, 0.1) is 0 Å². The van der Waals surface area contributed by atoms with E-state index in [-0.39, 0.29) is 5.75 Å². The minimum Gasteiger partial charge on any atom is -0.457 e. The maximum atomic E-state index is 12.9. The molecule has 0 atom stereocenters. The largest absolute Gasteiger partial charge is 0.457 e. The predicted octanol–water partition coefficient (Wildman–Crippen LogP) is 4.76. The van der Waals surface area contributed by atoms with Gasteiger partial charge in [-0.2, -0.15) is 13.2 Å². The van der Waals surface area contributed by atoms with Crippen molar-refractivity contribution in [3.05, 3.63) is 58.1 Å². The summed E-state index contributed by atoms with van der Waals surface area (Å²) in [5, 5.41) is 0. The number of hydrogen-bond donors (Lipinski definition) is 1. The van der Waals surface area contributed by atoms with Crippen LogP contribution in [0.4, 0.5) is 13.2 Å². The van der Waals surface area contributed by atoms with E-state index in [0.717, 1.165) is 16.1 Å². The van der Waals surface area contributed by atoms with Crippen LogP contribution < -0.4 is 10.5 Å². The Morgan fingerprint density at radius 1 is 1.10 bits per heavy atom. The van der Waals surface area contributed by atoms with Gasteiger partial charge < -0.3 is 10.5 Å². The summed E-state index contributed by atoms with van der Waals surface area (Å²) in [6.45, 7) is 0.496. The van der Waals surface area contributed by atoms with Crippen molar-refractivity contribution >= 4 is 15.9 Å². The van der Waals surface area contributed by atoms with E-state index in [4.69, 9.17) is 10.5 Å². The molecule has 112 valence electrons. The van der Waals surface area contributed by atoms with Gasteiger partial charge in [0, 0.05) is 4.47 Å². The van der Waals surface area contributed by atoms with Gasteiger partial charge in [-0.15, -0.1) is 0 Å². The second kappa shape index (κ2) is 6.49. The summed E-state index contributed by atoms with van der Waals surface area (Å²) >= 11 is 3.36. The fourth-order valence-corrected chi connectivity index (χ4v) is 2.42. The van der Waals surface area contributed by atoms with Crippen molar-refractivity contribution in [3.8, 4) is 11.5 Å². The molecular formula is C15H13BrF3NO. The molecule has 0 bridgehead atoms. The van der Waals surface area contributed by atoms with E-state index in [1.165, 1.54) is 18.2 Å². The van der Waals surface area contributed by atoms with Crippen LogP contribution >= 0.6 is 15.9 Å². The summed E-state index contributed by atoms with van der Waals surface area (Å²) in [6.07, 6.45) is -3.77.